The molecule has 1 saturated heterocycles. The predicted octanol–water partition coefficient (Wildman–Crippen LogP) is 4.79. The molecule has 3 aliphatic rings. The van der Waals surface area contributed by atoms with E-state index in [0.717, 1.165) is 84.2 Å². The number of alkyl halides is 2. The standard InChI is InChI=1S/C36H42F2N12O/c1-23-16-39-34(40-17-23)14-27-20-48(44-42-27)22-46-10-6-28(7-11-46)50-32-8-12-47(24(2)51)21-31(32)36(43-50)49-9-4-5-25-13-29(26-18-41-45(3)19-26)30(35(37)38)15-33(25)49/h13,15-20,28,35H,4-12,14,21-22H2,1-3H3. The Balaban J connectivity index is 1.04. The third-order valence-corrected chi connectivity index (χ3v) is 10.4. The fourth-order valence-corrected chi connectivity index (χ4v) is 7.75. The molecule has 4 aromatic heterocycles. The van der Waals surface area contributed by atoms with Gasteiger partial charge in [-0.3, -0.25) is 19.1 Å². The van der Waals surface area contributed by atoms with Crippen molar-refractivity contribution in [2.75, 3.05) is 31.1 Å². The van der Waals surface area contributed by atoms with E-state index in [1.165, 1.54) is 0 Å². The van der Waals surface area contributed by atoms with Gasteiger partial charge in [0.15, 0.2) is 5.82 Å². The van der Waals surface area contributed by atoms with Crippen molar-refractivity contribution in [2.45, 2.75) is 78.1 Å². The number of halogens is 2. The van der Waals surface area contributed by atoms with Crippen molar-refractivity contribution in [3.63, 3.8) is 0 Å². The average Bonchev–Trinajstić information content (AvgIpc) is 3.87. The van der Waals surface area contributed by atoms with Crippen LogP contribution in [0.5, 0.6) is 0 Å². The van der Waals surface area contributed by atoms with Gasteiger partial charge in [-0.05, 0) is 61.4 Å². The summed E-state index contributed by atoms with van der Waals surface area (Å²) >= 11 is 0. The van der Waals surface area contributed by atoms with E-state index in [-0.39, 0.29) is 17.5 Å². The summed E-state index contributed by atoms with van der Waals surface area (Å²) in [6, 6.07) is 3.75. The van der Waals surface area contributed by atoms with Gasteiger partial charge in [0.05, 0.1) is 43.8 Å². The van der Waals surface area contributed by atoms with Crippen LogP contribution in [-0.4, -0.2) is 86.4 Å². The first kappa shape index (κ1) is 33.1. The summed E-state index contributed by atoms with van der Waals surface area (Å²) in [4.78, 5) is 27.7. The molecule has 8 rings (SSSR count). The van der Waals surface area contributed by atoms with Gasteiger partial charge in [-0.25, -0.2) is 23.4 Å². The zero-order valence-electron chi connectivity index (χ0n) is 29.2. The molecule has 266 valence electrons. The molecule has 5 aromatic rings. The summed E-state index contributed by atoms with van der Waals surface area (Å²) in [7, 11) is 1.79. The lowest BCUT2D eigenvalue weighted by Crippen LogP contribution is -2.38. The van der Waals surface area contributed by atoms with E-state index < -0.39 is 6.43 Å². The first-order valence-corrected chi connectivity index (χ1v) is 17.7. The maximum Gasteiger partial charge on any atom is 0.264 e. The van der Waals surface area contributed by atoms with E-state index in [4.69, 9.17) is 5.10 Å². The van der Waals surface area contributed by atoms with Crippen molar-refractivity contribution in [3.05, 3.63) is 82.6 Å². The Morgan fingerprint density at radius 1 is 1.02 bits per heavy atom. The highest BCUT2D eigenvalue weighted by Crippen LogP contribution is 2.43. The van der Waals surface area contributed by atoms with E-state index in [0.29, 0.717) is 50.3 Å². The molecule has 0 N–H and O–H groups in total. The van der Waals surface area contributed by atoms with Crippen LogP contribution in [0.2, 0.25) is 0 Å². The van der Waals surface area contributed by atoms with Crippen molar-refractivity contribution in [1.82, 2.24) is 54.3 Å². The number of fused-ring (bicyclic) bond motifs is 2. The lowest BCUT2D eigenvalue weighted by molar-refractivity contribution is -0.129. The number of aromatic nitrogens is 9. The second kappa shape index (κ2) is 13.6. The molecule has 1 amide bonds. The molecule has 1 fully saturated rings. The van der Waals surface area contributed by atoms with Crippen molar-refractivity contribution < 1.29 is 13.6 Å². The van der Waals surface area contributed by atoms with Crippen LogP contribution in [0.15, 0.2) is 43.1 Å². The zero-order chi connectivity index (χ0) is 35.2. The fraction of sp³-hybridized carbons (Fsp3) is 0.472. The summed E-state index contributed by atoms with van der Waals surface area (Å²) in [6.07, 6.45) is 11.1. The SMILES string of the molecule is CC(=O)N1CCc2c(c(N3CCCc4cc(-c5cnn(C)c5)c(C(F)F)cc43)nn2C2CCN(Cn3cc(Cc4ncc(C)cn4)nn3)CC2)C1. The van der Waals surface area contributed by atoms with Crippen LogP contribution in [0.4, 0.5) is 20.3 Å². The monoisotopic (exact) mass is 696 g/mol. The molecule has 13 nitrogen and oxygen atoms in total. The Bertz CT molecular complexity index is 2040. The Kier molecular flexibility index (Phi) is 8.82. The third kappa shape index (κ3) is 6.62. The smallest absolute Gasteiger partial charge is 0.264 e. The van der Waals surface area contributed by atoms with E-state index in [1.807, 2.05) is 41.2 Å². The van der Waals surface area contributed by atoms with Crippen LogP contribution in [0.1, 0.15) is 78.1 Å². The summed E-state index contributed by atoms with van der Waals surface area (Å²) in [5, 5.41) is 18.2. The van der Waals surface area contributed by atoms with Crippen LogP contribution in [0.3, 0.4) is 0 Å². The van der Waals surface area contributed by atoms with Crippen LogP contribution >= 0.6 is 0 Å². The Morgan fingerprint density at radius 3 is 2.55 bits per heavy atom. The van der Waals surface area contributed by atoms with Gasteiger partial charge in [0, 0.05) is 93.2 Å². The minimum absolute atomic E-state index is 0.0114. The number of carbonyl (C=O) groups excluding carboxylic acids is 1. The first-order valence-electron chi connectivity index (χ1n) is 17.7. The lowest BCUT2D eigenvalue weighted by atomic mass is 9.92. The summed E-state index contributed by atoms with van der Waals surface area (Å²) < 4.78 is 34.9. The van der Waals surface area contributed by atoms with Gasteiger partial charge in [-0.15, -0.1) is 5.10 Å². The average molecular weight is 697 g/mol. The van der Waals surface area contributed by atoms with Crippen LogP contribution < -0.4 is 4.90 Å². The van der Waals surface area contributed by atoms with Gasteiger partial charge in [-0.1, -0.05) is 5.21 Å². The van der Waals surface area contributed by atoms with E-state index in [9.17, 15) is 13.6 Å². The van der Waals surface area contributed by atoms with Crippen LogP contribution in [0.25, 0.3) is 11.1 Å². The van der Waals surface area contributed by atoms with Crippen molar-refractivity contribution in [2.24, 2.45) is 7.05 Å². The molecule has 0 saturated carbocycles. The number of amides is 1. The minimum atomic E-state index is -2.65. The van der Waals surface area contributed by atoms with Gasteiger partial charge in [0.25, 0.3) is 6.43 Å². The van der Waals surface area contributed by atoms with Crippen LogP contribution in [0, 0.1) is 6.92 Å². The number of nitrogens with zero attached hydrogens (tertiary/aromatic N) is 12. The summed E-state index contributed by atoms with van der Waals surface area (Å²) in [5.74, 6) is 1.52. The predicted molar refractivity (Wildman–Crippen MR) is 185 cm³/mol. The number of rotatable bonds is 8. The Morgan fingerprint density at radius 2 is 1.82 bits per heavy atom. The number of carbonyl (C=O) groups is 1. The second-order valence-electron chi connectivity index (χ2n) is 14.0. The minimum Gasteiger partial charge on any atom is -0.338 e. The molecule has 0 aliphatic carbocycles. The summed E-state index contributed by atoms with van der Waals surface area (Å²) in [6.45, 7) is 7.70. The molecule has 51 heavy (non-hydrogen) atoms. The Hall–Kier alpha value is -5.05. The first-order chi connectivity index (χ1) is 24.7. The lowest BCUT2D eigenvalue weighted by Gasteiger charge is -2.33. The molecule has 0 unspecified atom stereocenters. The second-order valence-corrected chi connectivity index (χ2v) is 14.0. The number of aryl methyl sites for hydroxylation is 3. The molecule has 3 aliphatic heterocycles. The quantitative estimate of drug-likeness (QED) is 0.226. The molecule has 1 aromatic carbocycles. The summed E-state index contributed by atoms with van der Waals surface area (Å²) in [5.41, 5.74) is 6.99. The molecular formula is C36H42F2N12O. The molecule has 0 atom stereocenters. The normalized spacial score (nSPS) is 16.9. The van der Waals surface area contributed by atoms with Gasteiger partial charge in [0.2, 0.25) is 5.91 Å². The molecule has 0 radical (unpaired) electrons. The highest BCUT2D eigenvalue weighted by molar-refractivity contribution is 5.78. The van der Waals surface area contributed by atoms with Crippen molar-refractivity contribution in [3.8, 4) is 11.1 Å². The van der Waals surface area contributed by atoms with Gasteiger partial charge in [0.1, 0.15) is 5.82 Å². The van der Waals surface area contributed by atoms with E-state index in [2.05, 4.69) is 39.9 Å². The Labute approximate surface area is 294 Å². The van der Waals surface area contributed by atoms with Crippen molar-refractivity contribution in [1.29, 1.82) is 0 Å². The number of piperidine rings is 1. The molecular weight excluding hydrogens is 654 g/mol. The topological polar surface area (TPSA) is 119 Å². The van der Waals surface area contributed by atoms with Crippen molar-refractivity contribution >= 4 is 17.4 Å². The maximum absolute atomic E-state index is 14.6. The zero-order valence-corrected chi connectivity index (χ0v) is 29.2. The van der Waals surface area contributed by atoms with Crippen LogP contribution in [-0.2, 0) is 44.3 Å². The number of likely N-dealkylation sites (tertiary alicyclic amines) is 1. The van der Waals surface area contributed by atoms with E-state index in [1.54, 1.807) is 37.1 Å². The number of benzene rings is 1. The molecule has 7 heterocycles. The van der Waals surface area contributed by atoms with Gasteiger partial charge < -0.3 is 9.80 Å². The third-order valence-electron chi connectivity index (χ3n) is 10.4. The highest BCUT2D eigenvalue weighted by Gasteiger charge is 2.35. The van der Waals surface area contributed by atoms with Gasteiger partial charge >= 0.3 is 0 Å². The molecule has 15 heteroatoms. The maximum atomic E-state index is 14.6. The van der Waals surface area contributed by atoms with Gasteiger partial charge in [-0.2, -0.15) is 10.2 Å². The largest absolute Gasteiger partial charge is 0.338 e. The number of hydrogen-bond donors (Lipinski definition) is 0. The molecule has 0 spiro atoms. The van der Waals surface area contributed by atoms with E-state index >= 15 is 0 Å². The number of anilines is 2. The fourth-order valence-electron chi connectivity index (χ4n) is 7.75. The molecule has 0 bridgehead atoms. The highest BCUT2D eigenvalue weighted by atomic mass is 19.3. The number of hydrogen-bond acceptors (Lipinski definition) is 9.